The monoisotopic (exact) mass is 355 g/mol. The molecule has 0 bridgehead atoms. The van der Waals surface area contributed by atoms with E-state index in [0.29, 0.717) is 10.2 Å². The van der Waals surface area contributed by atoms with Crippen LogP contribution in [0.4, 0.5) is 0 Å². The predicted molar refractivity (Wildman–Crippen MR) is 97.0 cm³/mol. The first-order valence-electron chi connectivity index (χ1n) is 8.21. The Morgan fingerprint density at radius 1 is 1.28 bits per heavy atom. The second-order valence-corrected chi connectivity index (χ2v) is 7.11. The van der Waals surface area contributed by atoms with Crippen molar-refractivity contribution in [2.45, 2.75) is 31.8 Å². The summed E-state index contributed by atoms with van der Waals surface area (Å²) in [5.41, 5.74) is 1.90. The van der Waals surface area contributed by atoms with Crippen LogP contribution in [-0.2, 0) is 17.8 Å². The van der Waals surface area contributed by atoms with Crippen molar-refractivity contribution in [1.82, 2.24) is 14.9 Å². The SMILES string of the molecule is O=C(Cn1c(=O)[nH]c2ccsc2c1=O)NC1CCCc2ccccc21. The van der Waals surface area contributed by atoms with Crippen LogP contribution in [0.5, 0.6) is 0 Å². The zero-order valence-electron chi connectivity index (χ0n) is 13.5. The van der Waals surface area contributed by atoms with Crippen LogP contribution < -0.4 is 16.6 Å². The molecule has 25 heavy (non-hydrogen) atoms. The van der Waals surface area contributed by atoms with Gasteiger partial charge in [0.15, 0.2) is 0 Å². The number of H-pyrrole nitrogens is 1. The summed E-state index contributed by atoms with van der Waals surface area (Å²) in [5.74, 6) is -0.329. The molecule has 0 spiro atoms. The molecule has 7 heteroatoms. The quantitative estimate of drug-likeness (QED) is 0.753. The lowest BCUT2D eigenvalue weighted by atomic mass is 9.88. The molecule has 6 nitrogen and oxygen atoms in total. The van der Waals surface area contributed by atoms with Gasteiger partial charge in [-0.1, -0.05) is 24.3 Å². The van der Waals surface area contributed by atoms with Gasteiger partial charge in [-0.15, -0.1) is 11.3 Å². The van der Waals surface area contributed by atoms with E-state index < -0.39 is 11.2 Å². The lowest BCUT2D eigenvalue weighted by Crippen LogP contribution is -2.41. The molecule has 2 aromatic heterocycles. The first kappa shape index (κ1) is 15.8. The summed E-state index contributed by atoms with van der Waals surface area (Å²) in [6, 6.07) is 9.68. The third-order valence-corrected chi connectivity index (χ3v) is 5.50. The molecule has 0 radical (unpaired) electrons. The number of carbonyl (C=O) groups is 1. The molecule has 1 aromatic carbocycles. The van der Waals surface area contributed by atoms with Crippen molar-refractivity contribution in [2.24, 2.45) is 0 Å². The Balaban J connectivity index is 1.58. The fourth-order valence-corrected chi connectivity index (χ4v) is 4.20. The minimum atomic E-state index is -0.560. The van der Waals surface area contributed by atoms with Gasteiger partial charge < -0.3 is 10.3 Å². The number of amides is 1. The van der Waals surface area contributed by atoms with Crippen molar-refractivity contribution < 1.29 is 4.79 Å². The van der Waals surface area contributed by atoms with E-state index in [2.05, 4.69) is 16.4 Å². The Hall–Kier alpha value is -2.67. The second kappa shape index (κ2) is 6.33. The number of carbonyl (C=O) groups excluding carboxylic acids is 1. The highest BCUT2D eigenvalue weighted by Crippen LogP contribution is 2.29. The van der Waals surface area contributed by atoms with Gasteiger partial charge in [0.1, 0.15) is 11.2 Å². The van der Waals surface area contributed by atoms with Crippen molar-refractivity contribution in [2.75, 3.05) is 0 Å². The number of hydrogen-bond acceptors (Lipinski definition) is 4. The third kappa shape index (κ3) is 2.91. The Bertz CT molecular complexity index is 1060. The average molecular weight is 355 g/mol. The summed E-state index contributed by atoms with van der Waals surface area (Å²) in [5, 5.41) is 4.71. The van der Waals surface area contributed by atoms with Gasteiger partial charge in [0.25, 0.3) is 5.56 Å². The van der Waals surface area contributed by atoms with Crippen molar-refractivity contribution in [3.05, 3.63) is 67.7 Å². The highest BCUT2D eigenvalue weighted by molar-refractivity contribution is 7.17. The summed E-state index contributed by atoms with van der Waals surface area (Å²) < 4.78 is 1.42. The summed E-state index contributed by atoms with van der Waals surface area (Å²) in [6.45, 7) is -0.277. The van der Waals surface area contributed by atoms with E-state index in [-0.39, 0.29) is 18.5 Å². The van der Waals surface area contributed by atoms with Crippen molar-refractivity contribution >= 4 is 27.5 Å². The minimum absolute atomic E-state index is 0.0716. The van der Waals surface area contributed by atoms with Gasteiger partial charge in [-0.2, -0.15) is 0 Å². The zero-order chi connectivity index (χ0) is 17.4. The molecule has 128 valence electrons. The van der Waals surface area contributed by atoms with E-state index in [1.54, 1.807) is 11.4 Å². The van der Waals surface area contributed by atoms with Crippen LogP contribution in [0.2, 0.25) is 0 Å². The maximum Gasteiger partial charge on any atom is 0.329 e. The number of thiophene rings is 1. The van der Waals surface area contributed by atoms with Crippen LogP contribution >= 0.6 is 11.3 Å². The Morgan fingerprint density at radius 2 is 2.12 bits per heavy atom. The molecule has 1 unspecified atom stereocenters. The fourth-order valence-electron chi connectivity index (χ4n) is 3.40. The van der Waals surface area contributed by atoms with Crippen LogP contribution in [0.15, 0.2) is 45.3 Å². The maximum atomic E-state index is 12.4. The molecular weight excluding hydrogens is 338 g/mol. The number of benzene rings is 1. The number of aromatic amines is 1. The molecule has 0 fully saturated rings. The highest BCUT2D eigenvalue weighted by Gasteiger charge is 2.22. The predicted octanol–water partition coefficient (Wildman–Crippen LogP) is 1.95. The average Bonchev–Trinajstić information content (AvgIpc) is 3.07. The van der Waals surface area contributed by atoms with Crippen molar-refractivity contribution in [3.63, 3.8) is 0 Å². The minimum Gasteiger partial charge on any atom is -0.348 e. The number of fused-ring (bicyclic) bond motifs is 2. The summed E-state index contributed by atoms with van der Waals surface area (Å²) in [4.78, 5) is 39.6. The Morgan fingerprint density at radius 3 is 3.00 bits per heavy atom. The molecule has 2 heterocycles. The van der Waals surface area contributed by atoms with Gasteiger partial charge in [0.2, 0.25) is 5.91 Å². The number of aromatic nitrogens is 2. The van der Waals surface area contributed by atoms with E-state index in [1.807, 2.05) is 18.2 Å². The molecule has 1 aliphatic carbocycles. The van der Waals surface area contributed by atoms with E-state index in [9.17, 15) is 14.4 Å². The molecule has 1 atom stereocenters. The van der Waals surface area contributed by atoms with Gasteiger partial charge >= 0.3 is 5.69 Å². The smallest absolute Gasteiger partial charge is 0.329 e. The topological polar surface area (TPSA) is 84.0 Å². The molecule has 2 N–H and O–H groups in total. The molecule has 1 aliphatic rings. The zero-order valence-corrected chi connectivity index (χ0v) is 14.3. The number of hydrogen-bond donors (Lipinski definition) is 2. The molecule has 0 saturated heterocycles. The summed E-state index contributed by atoms with van der Waals surface area (Å²) >= 11 is 1.26. The van der Waals surface area contributed by atoms with Gasteiger partial charge in [0.05, 0.1) is 11.6 Å². The number of nitrogens with zero attached hydrogens (tertiary/aromatic N) is 1. The molecule has 4 rings (SSSR count). The molecule has 3 aromatic rings. The van der Waals surface area contributed by atoms with Gasteiger partial charge in [0, 0.05) is 0 Å². The first-order chi connectivity index (χ1) is 12.1. The van der Waals surface area contributed by atoms with Crippen LogP contribution in [-0.4, -0.2) is 15.5 Å². The van der Waals surface area contributed by atoms with E-state index in [1.165, 1.54) is 16.9 Å². The summed E-state index contributed by atoms with van der Waals surface area (Å²) in [6.07, 6.45) is 2.87. The van der Waals surface area contributed by atoms with Crippen LogP contribution in [0, 0.1) is 0 Å². The molecular formula is C18H17N3O3S. The van der Waals surface area contributed by atoms with E-state index >= 15 is 0 Å². The molecule has 0 aliphatic heterocycles. The second-order valence-electron chi connectivity index (χ2n) is 6.20. The lowest BCUT2D eigenvalue weighted by molar-refractivity contribution is -0.122. The van der Waals surface area contributed by atoms with Gasteiger partial charge in [-0.3, -0.25) is 9.59 Å². The van der Waals surface area contributed by atoms with Crippen LogP contribution in [0.3, 0.4) is 0 Å². The lowest BCUT2D eigenvalue weighted by Gasteiger charge is -2.26. The van der Waals surface area contributed by atoms with Gasteiger partial charge in [-0.25, -0.2) is 9.36 Å². The molecule has 1 amide bonds. The Kier molecular flexibility index (Phi) is 4.01. The molecule has 0 saturated carbocycles. The largest absolute Gasteiger partial charge is 0.348 e. The standard InChI is InChI=1S/C18H17N3O3S/c22-15(19-13-7-3-5-11-4-1-2-6-12(11)13)10-21-17(23)16-14(8-9-25-16)20-18(21)24/h1-2,4,6,8-9,13H,3,5,7,10H2,(H,19,22)(H,20,24). The third-order valence-electron chi connectivity index (χ3n) is 4.60. The maximum absolute atomic E-state index is 12.4. The van der Waals surface area contributed by atoms with Crippen LogP contribution in [0.25, 0.3) is 10.2 Å². The Labute approximate surface area is 147 Å². The van der Waals surface area contributed by atoms with Crippen molar-refractivity contribution in [3.8, 4) is 0 Å². The highest BCUT2D eigenvalue weighted by atomic mass is 32.1. The van der Waals surface area contributed by atoms with E-state index in [4.69, 9.17) is 0 Å². The van der Waals surface area contributed by atoms with Gasteiger partial charge in [-0.05, 0) is 41.8 Å². The first-order valence-corrected chi connectivity index (χ1v) is 9.09. The number of nitrogens with one attached hydrogen (secondary N) is 2. The van der Waals surface area contributed by atoms with Crippen LogP contribution in [0.1, 0.15) is 30.0 Å². The number of rotatable bonds is 3. The summed E-state index contributed by atoms with van der Waals surface area (Å²) in [7, 11) is 0. The van der Waals surface area contributed by atoms with E-state index in [0.717, 1.165) is 29.4 Å². The van der Waals surface area contributed by atoms with Crippen molar-refractivity contribution in [1.29, 1.82) is 0 Å². The normalized spacial score (nSPS) is 16.6. The number of aryl methyl sites for hydroxylation is 1. The fraction of sp³-hybridized carbons (Fsp3) is 0.278.